The van der Waals surface area contributed by atoms with Crippen LogP contribution >= 0.6 is 0 Å². The molecule has 1 aromatic carbocycles. The number of nitrogens with one attached hydrogen (secondary N) is 1. The Hall–Kier alpha value is -2.62. The molecule has 0 unspecified atom stereocenters. The quantitative estimate of drug-likeness (QED) is 0.761. The lowest BCUT2D eigenvalue weighted by Gasteiger charge is -2.05. The van der Waals surface area contributed by atoms with Gasteiger partial charge in [-0.3, -0.25) is 4.79 Å². The zero-order chi connectivity index (χ0) is 13.2. The fraction of sp³-hybridized carbons (Fsp3) is 0.0667. The smallest absolute Gasteiger partial charge is 0.257 e. The van der Waals surface area contributed by atoms with Gasteiger partial charge in [-0.2, -0.15) is 0 Å². The molecule has 0 aliphatic carbocycles. The fourth-order valence-corrected chi connectivity index (χ4v) is 2.12. The van der Waals surface area contributed by atoms with E-state index in [1.807, 2.05) is 54.2 Å². The number of pyridine rings is 1. The van der Waals surface area contributed by atoms with Crippen LogP contribution in [0.1, 0.15) is 10.4 Å². The summed E-state index contributed by atoms with van der Waals surface area (Å²) in [6, 6.07) is 13.1. The van der Waals surface area contributed by atoms with Gasteiger partial charge in [-0.1, -0.05) is 12.1 Å². The summed E-state index contributed by atoms with van der Waals surface area (Å²) < 4.78 is 1.99. The summed E-state index contributed by atoms with van der Waals surface area (Å²) in [7, 11) is 1.96. The summed E-state index contributed by atoms with van der Waals surface area (Å²) >= 11 is 0. The molecule has 0 spiro atoms. The van der Waals surface area contributed by atoms with E-state index in [9.17, 15) is 4.79 Å². The lowest BCUT2D eigenvalue weighted by Crippen LogP contribution is -2.13. The van der Waals surface area contributed by atoms with E-state index in [2.05, 4.69) is 10.3 Å². The summed E-state index contributed by atoms with van der Waals surface area (Å²) in [6.45, 7) is 0. The van der Waals surface area contributed by atoms with Crippen LogP contribution in [0, 0.1) is 0 Å². The van der Waals surface area contributed by atoms with E-state index >= 15 is 0 Å². The molecule has 1 amide bonds. The standard InChI is InChI=1S/C15H13N3O/c1-18-10-8-11-12(5-4-6-13(11)18)15(19)17-14-7-2-3-9-16-14/h2-10H,1H3,(H,16,17,19). The third-order valence-electron chi connectivity index (χ3n) is 3.08. The number of rotatable bonds is 2. The largest absolute Gasteiger partial charge is 0.351 e. The zero-order valence-corrected chi connectivity index (χ0v) is 10.5. The van der Waals surface area contributed by atoms with Crippen molar-refractivity contribution in [1.29, 1.82) is 0 Å². The van der Waals surface area contributed by atoms with Gasteiger partial charge >= 0.3 is 0 Å². The minimum absolute atomic E-state index is 0.143. The number of benzene rings is 1. The first-order chi connectivity index (χ1) is 9.25. The van der Waals surface area contributed by atoms with Crippen LogP contribution in [0.3, 0.4) is 0 Å². The number of aryl methyl sites for hydroxylation is 1. The monoisotopic (exact) mass is 251 g/mol. The molecule has 0 aliphatic rings. The molecule has 4 heteroatoms. The van der Waals surface area contributed by atoms with E-state index in [0.29, 0.717) is 11.4 Å². The highest BCUT2D eigenvalue weighted by Gasteiger charge is 2.11. The van der Waals surface area contributed by atoms with Crippen LogP contribution in [0.5, 0.6) is 0 Å². The molecule has 3 aromatic rings. The summed E-state index contributed by atoms with van der Waals surface area (Å²) in [5, 5.41) is 3.74. The van der Waals surface area contributed by atoms with Gasteiger partial charge in [0.15, 0.2) is 0 Å². The molecule has 0 fully saturated rings. The summed E-state index contributed by atoms with van der Waals surface area (Å²) in [4.78, 5) is 16.4. The van der Waals surface area contributed by atoms with Gasteiger partial charge in [0.05, 0.1) is 0 Å². The number of carbonyl (C=O) groups is 1. The molecular weight excluding hydrogens is 238 g/mol. The Kier molecular flexibility index (Phi) is 2.76. The highest BCUT2D eigenvalue weighted by Crippen LogP contribution is 2.20. The van der Waals surface area contributed by atoms with E-state index in [1.54, 1.807) is 12.3 Å². The molecule has 0 radical (unpaired) electrons. The second-order valence-corrected chi connectivity index (χ2v) is 4.33. The van der Waals surface area contributed by atoms with Gasteiger partial charge in [0.1, 0.15) is 5.82 Å². The van der Waals surface area contributed by atoms with E-state index in [0.717, 1.165) is 10.9 Å². The Balaban J connectivity index is 1.98. The first kappa shape index (κ1) is 11.5. The second-order valence-electron chi connectivity index (χ2n) is 4.33. The Labute approximate surface area is 110 Å². The van der Waals surface area contributed by atoms with E-state index in [-0.39, 0.29) is 5.91 Å². The number of hydrogen-bond donors (Lipinski definition) is 1. The van der Waals surface area contributed by atoms with Crippen LogP contribution in [0.15, 0.2) is 54.9 Å². The van der Waals surface area contributed by atoms with Gasteiger partial charge in [0.25, 0.3) is 5.91 Å². The highest BCUT2D eigenvalue weighted by atomic mass is 16.1. The molecule has 94 valence electrons. The van der Waals surface area contributed by atoms with Crippen LogP contribution in [0.4, 0.5) is 5.82 Å². The summed E-state index contributed by atoms with van der Waals surface area (Å²) in [5.74, 6) is 0.413. The molecule has 1 N–H and O–H groups in total. The molecule has 0 bridgehead atoms. The maximum absolute atomic E-state index is 12.3. The normalized spacial score (nSPS) is 10.6. The third kappa shape index (κ3) is 2.08. The van der Waals surface area contributed by atoms with Crippen molar-refractivity contribution in [2.75, 3.05) is 5.32 Å². The number of amides is 1. The number of carbonyl (C=O) groups excluding carboxylic acids is 1. The predicted molar refractivity (Wildman–Crippen MR) is 75.1 cm³/mol. The molecule has 0 saturated carbocycles. The lowest BCUT2D eigenvalue weighted by molar-refractivity contribution is 0.102. The van der Waals surface area contributed by atoms with Gasteiger partial charge in [0, 0.05) is 35.9 Å². The maximum Gasteiger partial charge on any atom is 0.257 e. The fourth-order valence-electron chi connectivity index (χ4n) is 2.12. The van der Waals surface area contributed by atoms with E-state index in [1.165, 1.54) is 0 Å². The molecular formula is C15H13N3O. The Morgan fingerprint density at radius 3 is 2.84 bits per heavy atom. The van der Waals surface area contributed by atoms with Gasteiger partial charge in [-0.05, 0) is 30.3 Å². The Bertz CT molecular complexity index is 731. The lowest BCUT2D eigenvalue weighted by atomic mass is 10.1. The molecule has 4 nitrogen and oxygen atoms in total. The third-order valence-corrected chi connectivity index (χ3v) is 3.08. The van der Waals surface area contributed by atoms with Crippen molar-refractivity contribution in [3.8, 4) is 0 Å². The average Bonchev–Trinajstić information content (AvgIpc) is 2.82. The first-order valence-corrected chi connectivity index (χ1v) is 6.02. The van der Waals surface area contributed by atoms with Gasteiger partial charge in [-0.25, -0.2) is 4.98 Å². The molecule has 0 atom stereocenters. The number of nitrogens with zero attached hydrogens (tertiary/aromatic N) is 2. The van der Waals surface area contributed by atoms with Crippen molar-refractivity contribution in [3.05, 3.63) is 60.4 Å². The maximum atomic E-state index is 12.3. The predicted octanol–water partition coefficient (Wildman–Crippen LogP) is 2.83. The van der Waals surface area contributed by atoms with Crippen molar-refractivity contribution < 1.29 is 4.79 Å². The number of aromatic nitrogens is 2. The van der Waals surface area contributed by atoms with E-state index in [4.69, 9.17) is 0 Å². The molecule has 0 saturated heterocycles. The SMILES string of the molecule is Cn1ccc2c(C(=O)Nc3ccccn3)cccc21. The Morgan fingerprint density at radius 1 is 1.16 bits per heavy atom. The average molecular weight is 251 g/mol. The molecule has 3 rings (SSSR count). The zero-order valence-electron chi connectivity index (χ0n) is 10.5. The minimum atomic E-state index is -0.143. The van der Waals surface area contributed by atoms with Crippen molar-refractivity contribution in [2.45, 2.75) is 0 Å². The van der Waals surface area contributed by atoms with Crippen LogP contribution in [0.2, 0.25) is 0 Å². The van der Waals surface area contributed by atoms with Gasteiger partial charge < -0.3 is 9.88 Å². The summed E-state index contributed by atoms with van der Waals surface area (Å²) in [6.07, 6.45) is 3.60. The molecule has 19 heavy (non-hydrogen) atoms. The van der Waals surface area contributed by atoms with Crippen molar-refractivity contribution in [3.63, 3.8) is 0 Å². The molecule has 2 aromatic heterocycles. The Morgan fingerprint density at radius 2 is 2.05 bits per heavy atom. The summed E-state index contributed by atoms with van der Waals surface area (Å²) in [5.41, 5.74) is 1.69. The molecule has 2 heterocycles. The van der Waals surface area contributed by atoms with E-state index < -0.39 is 0 Å². The van der Waals surface area contributed by atoms with Crippen LogP contribution in [-0.4, -0.2) is 15.5 Å². The van der Waals surface area contributed by atoms with Gasteiger partial charge in [-0.15, -0.1) is 0 Å². The van der Waals surface area contributed by atoms with Crippen molar-refractivity contribution >= 4 is 22.6 Å². The van der Waals surface area contributed by atoms with Crippen LogP contribution in [0.25, 0.3) is 10.9 Å². The number of hydrogen-bond acceptors (Lipinski definition) is 2. The highest BCUT2D eigenvalue weighted by molar-refractivity contribution is 6.12. The second kappa shape index (κ2) is 4.57. The first-order valence-electron chi connectivity index (χ1n) is 6.02. The van der Waals surface area contributed by atoms with Crippen molar-refractivity contribution in [2.24, 2.45) is 7.05 Å². The van der Waals surface area contributed by atoms with Gasteiger partial charge in [0.2, 0.25) is 0 Å². The topological polar surface area (TPSA) is 46.9 Å². The van der Waals surface area contributed by atoms with Crippen LogP contribution in [-0.2, 0) is 7.05 Å². The van der Waals surface area contributed by atoms with Crippen LogP contribution < -0.4 is 5.32 Å². The minimum Gasteiger partial charge on any atom is -0.351 e. The molecule has 0 aliphatic heterocycles. The number of anilines is 1. The van der Waals surface area contributed by atoms with Crippen molar-refractivity contribution in [1.82, 2.24) is 9.55 Å². The number of fused-ring (bicyclic) bond motifs is 1.